The first-order chi connectivity index (χ1) is 12.7. The van der Waals surface area contributed by atoms with Gasteiger partial charge in [-0.2, -0.15) is 0 Å². The summed E-state index contributed by atoms with van der Waals surface area (Å²) < 4.78 is 50.7. The van der Waals surface area contributed by atoms with Gasteiger partial charge in [0, 0.05) is 24.2 Å². The van der Waals surface area contributed by atoms with Crippen molar-refractivity contribution in [3.05, 3.63) is 29.8 Å². The Bertz CT molecular complexity index is 890. The average Bonchev–Trinajstić information content (AvgIpc) is 3.35. The fraction of sp³-hybridized carbons (Fsp3) is 0.611. The molecule has 2 aliphatic rings. The van der Waals surface area contributed by atoms with Gasteiger partial charge in [-0.3, -0.25) is 4.79 Å². The number of unbranched alkanes of at least 4 members (excludes halogenated alkanes) is 1. The van der Waals surface area contributed by atoms with E-state index in [4.69, 9.17) is 0 Å². The number of rotatable bonds is 8. The summed E-state index contributed by atoms with van der Waals surface area (Å²) in [4.78, 5) is 14.7. The van der Waals surface area contributed by atoms with Crippen LogP contribution in [0.25, 0.3) is 0 Å². The van der Waals surface area contributed by atoms with Crippen LogP contribution < -0.4 is 4.72 Å². The molecule has 1 aliphatic carbocycles. The molecule has 1 aromatic carbocycles. The van der Waals surface area contributed by atoms with Gasteiger partial charge in [-0.1, -0.05) is 13.3 Å². The maximum absolute atomic E-state index is 13.0. The molecule has 1 atom stereocenters. The van der Waals surface area contributed by atoms with E-state index >= 15 is 0 Å². The highest BCUT2D eigenvalue weighted by Crippen LogP contribution is 2.24. The third-order valence-electron chi connectivity index (χ3n) is 4.97. The quantitative estimate of drug-likeness (QED) is 0.696. The smallest absolute Gasteiger partial charge is 0.254 e. The first kappa shape index (κ1) is 20.3. The number of hydrogen-bond donors (Lipinski definition) is 1. The molecular weight excluding hydrogens is 388 g/mol. The average molecular weight is 415 g/mol. The lowest BCUT2D eigenvalue weighted by Crippen LogP contribution is -2.41. The first-order valence-corrected chi connectivity index (χ1v) is 12.7. The van der Waals surface area contributed by atoms with Crippen LogP contribution in [-0.4, -0.2) is 57.8 Å². The molecule has 0 spiro atoms. The normalized spacial score (nSPS) is 21.9. The standard InChI is InChI=1S/C18H26N2O5S2/c1-2-3-11-20(16-10-12-26(22,23)13-16)18(21)14-4-8-17(9-5-14)27(24,25)19-15-6-7-15/h4-5,8-9,15-16,19H,2-3,6-7,10-13H2,1H3. The predicted octanol–water partition coefficient (Wildman–Crippen LogP) is 1.56. The summed E-state index contributed by atoms with van der Waals surface area (Å²) >= 11 is 0. The highest BCUT2D eigenvalue weighted by Gasteiger charge is 2.35. The highest BCUT2D eigenvalue weighted by molar-refractivity contribution is 7.91. The molecule has 0 radical (unpaired) electrons. The van der Waals surface area contributed by atoms with E-state index in [0.29, 0.717) is 18.5 Å². The van der Waals surface area contributed by atoms with E-state index in [-0.39, 0.29) is 34.4 Å². The van der Waals surface area contributed by atoms with Crippen molar-refractivity contribution in [1.29, 1.82) is 0 Å². The Kier molecular flexibility index (Phi) is 5.93. The van der Waals surface area contributed by atoms with E-state index in [2.05, 4.69) is 4.72 Å². The number of sulfonamides is 1. The summed E-state index contributed by atoms with van der Waals surface area (Å²) in [5.74, 6) is -0.137. The molecule has 7 nitrogen and oxygen atoms in total. The van der Waals surface area contributed by atoms with E-state index in [9.17, 15) is 21.6 Å². The minimum Gasteiger partial charge on any atom is -0.335 e. The minimum atomic E-state index is -3.56. The predicted molar refractivity (Wildman–Crippen MR) is 103 cm³/mol. The Balaban J connectivity index is 1.77. The van der Waals surface area contributed by atoms with Gasteiger partial charge in [0.2, 0.25) is 10.0 Å². The molecule has 9 heteroatoms. The number of carbonyl (C=O) groups excluding carboxylic acids is 1. The zero-order chi connectivity index (χ0) is 19.7. The molecule has 1 saturated carbocycles. The zero-order valence-electron chi connectivity index (χ0n) is 15.4. The number of carbonyl (C=O) groups is 1. The largest absolute Gasteiger partial charge is 0.335 e. The second kappa shape index (κ2) is 7.89. The van der Waals surface area contributed by atoms with Gasteiger partial charge >= 0.3 is 0 Å². The van der Waals surface area contributed by atoms with Crippen molar-refractivity contribution in [2.45, 2.75) is 56.0 Å². The number of benzene rings is 1. The van der Waals surface area contributed by atoms with E-state index < -0.39 is 19.9 Å². The molecule has 1 unspecified atom stereocenters. The van der Waals surface area contributed by atoms with E-state index in [1.807, 2.05) is 6.92 Å². The van der Waals surface area contributed by atoms with E-state index in [0.717, 1.165) is 25.7 Å². The van der Waals surface area contributed by atoms with Crippen LogP contribution in [0.1, 0.15) is 49.4 Å². The molecule has 150 valence electrons. The second-order valence-electron chi connectivity index (χ2n) is 7.33. The maximum atomic E-state index is 13.0. The number of nitrogens with zero attached hydrogens (tertiary/aromatic N) is 1. The Hall–Kier alpha value is -1.45. The van der Waals surface area contributed by atoms with Gasteiger partial charge in [0.05, 0.1) is 16.4 Å². The Labute approximate surface area is 161 Å². The van der Waals surface area contributed by atoms with Crippen LogP contribution in [-0.2, 0) is 19.9 Å². The molecule has 1 saturated heterocycles. The van der Waals surface area contributed by atoms with Crippen LogP contribution in [0.5, 0.6) is 0 Å². The summed E-state index contributed by atoms with van der Waals surface area (Å²) in [6.07, 6.45) is 3.85. The molecule has 1 N–H and O–H groups in total. The van der Waals surface area contributed by atoms with Crippen molar-refractivity contribution < 1.29 is 21.6 Å². The molecule has 1 aliphatic heterocycles. The summed E-state index contributed by atoms with van der Waals surface area (Å²) in [6, 6.07) is 5.58. The van der Waals surface area contributed by atoms with Crippen molar-refractivity contribution in [2.75, 3.05) is 18.1 Å². The second-order valence-corrected chi connectivity index (χ2v) is 11.3. The monoisotopic (exact) mass is 414 g/mol. The van der Waals surface area contributed by atoms with Gasteiger partial charge in [-0.25, -0.2) is 21.6 Å². The molecule has 1 amide bonds. The molecule has 2 fully saturated rings. The van der Waals surface area contributed by atoms with Crippen LogP contribution in [0.2, 0.25) is 0 Å². The van der Waals surface area contributed by atoms with Crippen molar-refractivity contribution in [3.63, 3.8) is 0 Å². The number of hydrogen-bond acceptors (Lipinski definition) is 5. The molecule has 3 rings (SSSR count). The minimum absolute atomic E-state index is 0.000224. The molecular formula is C18H26N2O5S2. The number of amides is 1. The maximum Gasteiger partial charge on any atom is 0.254 e. The van der Waals surface area contributed by atoms with Gasteiger partial charge in [0.25, 0.3) is 5.91 Å². The van der Waals surface area contributed by atoms with Crippen LogP contribution in [0.4, 0.5) is 0 Å². The molecule has 1 heterocycles. The van der Waals surface area contributed by atoms with Crippen LogP contribution >= 0.6 is 0 Å². The topological polar surface area (TPSA) is 101 Å². The summed E-state index contributed by atoms with van der Waals surface area (Å²) in [5.41, 5.74) is 0.376. The third-order valence-corrected chi connectivity index (χ3v) is 8.26. The Morgan fingerprint density at radius 1 is 1.19 bits per heavy atom. The van der Waals surface area contributed by atoms with Crippen LogP contribution in [0.15, 0.2) is 29.2 Å². The van der Waals surface area contributed by atoms with Crippen molar-refractivity contribution in [3.8, 4) is 0 Å². The van der Waals surface area contributed by atoms with Crippen molar-refractivity contribution in [2.24, 2.45) is 0 Å². The van der Waals surface area contributed by atoms with Crippen molar-refractivity contribution in [1.82, 2.24) is 9.62 Å². The SMILES string of the molecule is CCCCN(C(=O)c1ccc(S(=O)(=O)NC2CC2)cc1)C1CCS(=O)(=O)C1. The summed E-state index contributed by atoms with van der Waals surface area (Å²) in [5, 5.41) is 0. The summed E-state index contributed by atoms with van der Waals surface area (Å²) in [6.45, 7) is 2.51. The van der Waals surface area contributed by atoms with E-state index in [1.165, 1.54) is 24.3 Å². The lowest BCUT2D eigenvalue weighted by atomic mass is 10.1. The van der Waals surface area contributed by atoms with Gasteiger partial charge in [-0.15, -0.1) is 0 Å². The lowest BCUT2D eigenvalue weighted by Gasteiger charge is -2.28. The van der Waals surface area contributed by atoms with Gasteiger partial charge in [-0.05, 0) is 49.9 Å². The highest BCUT2D eigenvalue weighted by atomic mass is 32.2. The van der Waals surface area contributed by atoms with Crippen LogP contribution in [0, 0.1) is 0 Å². The number of nitrogens with one attached hydrogen (secondary N) is 1. The molecule has 0 bridgehead atoms. The summed E-state index contributed by atoms with van der Waals surface area (Å²) in [7, 11) is -6.65. The lowest BCUT2D eigenvalue weighted by molar-refractivity contribution is 0.0694. The molecule has 1 aromatic rings. The molecule has 0 aromatic heterocycles. The zero-order valence-corrected chi connectivity index (χ0v) is 17.1. The van der Waals surface area contributed by atoms with Gasteiger partial charge in [0.15, 0.2) is 9.84 Å². The van der Waals surface area contributed by atoms with Gasteiger partial charge in [0.1, 0.15) is 0 Å². The fourth-order valence-corrected chi connectivity index (χ4v) is 6.27. The fourth-order valence-electron chi connectivity index (χ4n) is 3.23. The van der Waals surface area contributed by atoms with Crippen LogP contribution in [0.3, 0.4) is 0 Å². The number of sulfone groups is 1. The molecule has 27 heavy (non-hydrogen) atoms. The van der Waals surface area contributed by atoms with Gasteiger partial charge < -0.3 is 4.90 Å². The van der Waals surface area contributed by atoms with E-state index in [1.54, 1.807) is 4.90 Å². The third kappa shape index (κ3) is 5.08. The Morgan fingerprint density at radius 3 is 2.37 bits per heavy atom. The Morgan fingerprint density at radius 2 is 1.85 bits per heavy atom. The van der Waals surface area contributed by atoms with Crippen molar-refractivity contribution >= 4 is 25.8 Å². The first-order valence-electron chi connectivity index (χ1n) is 9.35.